The Balaban J connectivity index is 2.26. The van der Waals surface area contributed by atoms with Crippen LogP contribution >= 0.6 is 11.6 Å². The van der Waals surface area contributed by atoms with Crippen molar-refractivity contribution in [1.82, 2.24) is 0 Å². The molecule has 106 valence electrons. The van der Waals surface area contributed by atoms with Crippen molar-refractivity contribution in [3.8, 4) is 0 Å². The van der Waals surface area contributed by atoms with Crippen molar-refractivity contribution in [3.63, 3.8) is 0 Å². The molecule has 1 saturated carbocycles. The molecule has 2 rings (SSSR count). The monoisotopic (exact) mass is 303 g/mol. The number of rotatable bonds is 3. The average molecular weight is 304 g/mol. The maximum absolute atomic E-state index is 11.5. The summed E-state index contributed by atoms with van der Waals surface area (Å²) in [6, 6.07) is 4.68. The molecular weight excluding hydrogens is 286 g/mol. The summed E-state index contributed by atoms with van der Waals surface area (Å²) >= 11 is 6.08. The highest BCUT2D eigenvalue weighted by atomic mass is 35.5. The van der Waals surface area contributed by atoms with Crippen LogP contribution in [0.1, 0.15) is 20.3 Å². The molecule has 0 bridgehead atoms. The van der Waals surface area contributed by atoms with Crippen molar-refractivity contribution < 1.29 is 13.5 Å². The number of hydrogen-bond donors (Lipinski definition) is 2. The first kappa shape index (κ1) is 14.6. The molecule has 4 nitrogen and oxygen atoms in total. The van der Waals surface area contributed by atoms with E-state index in [9.17, 15) is 13.5 Å². The fourth-order valence-corrected chi connectivity index (χ4v) is 3.00. The first-order valence-electron chi connectivity index (χ1n) is 6.06. The van der Waals surface area contributed by atoms with Crippen molar-refractivity contribution in [1.29, 1.82) is 0 Å². The number of anilines is 1. The Kier molecular flexibility index (Phi) is 3.58. The van der Waals surface area contributed by atoms with Crippen LogP contribution in [0.3, 0.4) is 0 Å². The van der Waals surface area contributed by atoms with E-state index in [1.165, 1.54) is 6.07 Å². The fraction of sp³-hybridized carbons (Fsp3) is 0.538. The fourth-order valence-electron chi connectivity index (χ4n) is 2.18. The number of hydrogen-bond acceptors (Lipinski definition) is 4. The third-order valence-electron chi connectivity index (χ3n) is 3.91. The van der Waals surface area contributed by atoms with Gasteiger partial charge in [0.25, 0.3) is 0 Å². The van der Waals surface area contributed by atoms with Crippen molar-refractivity contribution in [2.24, 2.45) is 5.41 Å². The quantitative estimate of drug-likeness (QED) is 0.899. The SMILES string of the molecule is CC1(C)C(O)CC1Nc1cc(S(C)(=O)=O)ccc1Cl. The molecule has 1 aromatic carbocycles. The minimum absolute atomic E-state index is 0.0785. The Morgan fingerprint density at radius 3 is 2.53 bits per heavy atom. The van der Waals surface area contributed by atoms with Gasteiger partial charge in [0.2, 0.25) is 0 Å². The second-order valence-corrected chi connectivity index (χ2v) is 8.11. The third kappa shape index (κ3) is 2.73. The normalized spacial score (nSPS) is 25.7. The second kappa shape index (κ2) is 4.65. The van der Waals surface area contributed by atoms with Gasteiger partial charge < -0.3 is 10.4 Å². The Morgan fingerprint density at radius 1 is 1.42 bits per heavy atom. The Labute approximate surface area is 118 Å². The molecule has 2 atom stereocenters. The van der Waals surface area contributed by atoms with Gasteiger partial charge in [-0.15, -0.1) is 0 Å². The summed E-state index contributed by atoms with van der Waals surface area (Å²) in [4.78, 5) is 0.233. The van der Waals surface area contributed by atoms with Gasteiger partial charge in [-0.25, -0.2) is 8.42 Å². The molecule has 0 amide bonds. The van der Waals surface area contributed by atoms with Crippen molar-refractivity contribution in [2.45, 2.75) is 37.3 Å². The zero-order valence-corrected chi connectivity index (χ0v) is 12.7. The highest BCUT2D eigenvalue weighted by Gasteiger charge is 2.47. The molecular formula is C13H18ClNO3S. The van der Waals surface area contributed by atoms with Crippen molar-refractivity contribution >= 4 is 27.1 Å². The average Bonchev–Trinajstić information content (AvgIpc) is 2.29. The van der Waals surface area contributed by atoms with Crippen LogP contribution in [0.15, 0.2) is 23.1 Å². The van der Waals surface area contributed by atoms with Crippen LogP contribution in [-0.4, -0.2) is 31.9 Å². The molecule has 0 spiro atoms. The van der Waals surface area contributed by atoms with Crippen LogP contribution in [0.4, 0.5) is 5.69 Å². The smallest absolute Gasteiger partial charge is 0.175 e. The lowest BCUT2D eigenvalue weighted by Gasteiger charge is -2.50. The van der Waals surface area contributed by atoms with Crippen LogP contribution in [0.5, 0.6) is 0 Å². The topological polar surface area (TPSA) is 66.4 Å². The van der Waals surface area contributed by atoms with Gasteiger partial charge in [0.15, 0.2) is 9.84 Å². The molecule has 2 N–H and O–H groups in total. The lowest BCUT2D eigenvalue weighted by Crippen LogP contribution is -2.56. The first-order chi connectivity index (χ1) is 8.62. The molecule has 0 heterocycles. The van der Waals surface area contributed by atoms with Crippen LogP contribution in [-0.2, 0) is 9.84 Å². The highest BCUT2D eigenvalue weighted by Crippen LogP contribution is 2.43. The van der Waals surface area contributed by atoms with Crippen LogP contribution in [0, 0.1) is 5.41 Å². The van der Waals surface area contributed by atoms with E-state index in [0.717, 1.165) is 6.26 Å². The summed E-state index contributed by atoms with van der Waals surface area (Å²) < 4.78 is 23.1. The summed E-state index contributed by atoms with van der Waals surface area (Å²) in [5.41, 5.74) is 0.347. The summed E-state index contributed by atoms with van der Waals surface area (Å²) in [5, 5.41) is 13.4. The molecule has 0 radical (unpaired) electrons. The van der Waals surface area contributed by atoms with E-state index in [0.29, 0.717) is 17.1 Å². The predicted molar refractivity (Wildman–Crippen MR) is 76.4 cm³/mol. The Hall–Kier alpha value is -0.780. The van der Waals surface area contributed by atoms with E-state index in [-0.39, 0.29) is 22.5 Å². The molecule has 1 aliphatic carbocycles. The van der Waals surface area contributed by atoms with Gasteiger partial charge in [0.1, 0.15) is 0 Å². The maximum atomic E-state index is 11.5. The summed E-state index contributed by atoms with van der Waals surface area (Å²) in [5.74, 6) is 0. The Bertz CT molecular complexity index is 598. The Morgan fingerprint density at radius 2 is 2.05 bits per heavy atom. The van der Waals surface area contributed by atoms with Crippen molar-refractivity contribution in [2.75, 3.05) is 11.6 Å². The second-order valence-electron chi connectivity index (χ2n) is 5.68. The number of benzene rings is 1. The standard InChI is InChI=1S/C13H18ClNO3S/c1-13(2)11(7-12(13)16)15-10-6-8(19(3,17)18)4-5-9(10)14/h4-6,11-12,15-16H,7H2,1-3H3. The summed E-state index contributed by atoms with van der Waals surface area (Å²) in [7, 11) is -3.25. The van der Waals surface area contributed by atoms with Crippen LogP contribution in [0.25, 0.3) is 0 Å². The maximum Gasteiger partial charge on any atom is 0.175 e. The van der Waals surface area contributed by atoms with Gasteiger partial charge in [-0.2, -0.15) is 0 Å². The van der Waals surface area contributed by atoms with E-state index in [1.807, 2.05) is 13.8 Å². The number of aliphatic hydroxyl groups excluding tert-OH is 1. The molecule has 6 heteroatoms. The molecule has 1 aliphatic rings. The summed E-state index contributed by atoms with van der Waals surface area (Å²) in [6.07, 6.45) is 1.45. The number of nitrogens with one attached hydrogen (secondary N) is 1. The minimum atomic E-state index is -3.25. The van der Waals surface area contributed by atoms with Gasteiger partial charge >= 0.3 is 0 Å². The zero-order valence-electron chi connectivity index (χ0n) is 11.1. The predicted octanol–water partition coefficient (Wildman–Crippen LogP) is 2.31. The van der Waals surface area contributed by atoms with Crippen LogP contribution < -0.4 is 5.32 Å². The lowest BCUT2D eigenvalue weighted by atomic mass is 9.64. The molecule has 0 saturated heterocycles. The van der Waals surface area contributed by atoms with E-state index in [1.54, 1.807) is 12.1 Å². The highest BCUT2D eigenvalue weighted by molar-refractivity contribution is 7.90. The first-order valence-corrected chi connectivity index (χ1v) is 8.33. The molecule has 1 aromatic rings. The van der Waals surface area contributed by atoms with Gasteiger partial charge in [-0.3, -0.25) is 0 Å². The van der Waals surface area contributed by atoms with E-state index in [2.05, 4.69) is 5.32 Å². The largest absolute Gasteiger partial charge is 0.392 e. The number of aliphatic hydroxyl groups is 1. The van der Waals surface area contributed by atoms with E-state index in [4.69, 9.17) is 11.6 Å². The van der Waals surface area contributed by atoms with Gasteiger partial charge in [-0.05, 0) is 24.6 Å². The van der Waals surface area contributed by atoms with Gasteiger partial charge in [0, 0.05) is 17.7 Å². The molecule has 0 aromatic heterocycles. The van der Waals surface area contributed by atoms with Crippen LogP contribution in [0.2, 0.25) is 5.02 Å². The summed E-state index contributed by atoms with van der Waals surface area (Å²) in [6.45, 7) is 3.93. The van der Waals surface area contributed by atoms with E-state index >= 15 is 0 Å². The van der Waals surface area contributed by atoms with E-state index < -0.39 is 9.84 Å². The third-order valence-corrected chi connectivity index (χ3v) is 5.35. The van der Waals surface area contributed by atoms with Gasteiger partial charge in [-0.1, -0.05) is 25.4 Å². The molecule has 2 unspecified atom stereocenters. The number of halogens is 1. The number of sulfone groups is 1. The minimum Gasteiger partial charge on any atom is -0.392 e. The molecule has 1 fully saturated rings. The lowest BCUT2D eigenvalue weighted by molar-refractivity contribution is -0.0510. The zero-order chi connectivity index (χ0) is 14.4. The van der Waals surface area contributed by atoms with Crippen molar-refractivity contribution in [3.05, 3.63) is 23.2 Å². The molecule has 0 aliphatic heterocycles. The van der Waals surface area contributed by atoms with Gasteiger partial charge in [0.05, 0.1) is 21.7 Å². The molecule has 19 heavy (non-hydrogen) atoms.